The van der Waals surface area contributed by atoms with Crippen molar-refractivity contribution in [2.75, 3.05) is 13.1 Å². The van der Waals surface area contributed by atoms with Crippen LogP contribution in [0.25, 0.3) is 16.7 Å². The summed E-state index contributed by atoms with van der Waals surface area (Å²) in [7, 11) is 0. The molecule has 1 aliphatic heterocycles. The van der Waals surface area contributed by atoms with E-state index in [1.165, 1.54) is 5.57 Å². The first-order valence-corrected chi connectivity index (χ1v) is 10.1. The highest BCUT2D eigenvalue weighted by Crippen LogP contribution is 2.26. The van der Waals surface area contributed by atoms with Crippen molar-refractivity contribution in [2.24, 2.45) is 5.73 Å². The number of hydrogen-bond acceptors (Lipinski definition) is 4. The van der Waals surface area contributed by atoms with Gasteiger partial charge in [-0.3, -0.25) is 0 Å². The van der Waals surface area contributed by atoms with Gasteiger partial charge in [0.25, 0.3) is 0 Å². The summed E-state index contributed by atoms with van der Waals surface area (Å²) in [6.07, 6.45) is 9.91. The van der Waals surface area contributed by atoms with Gasteiger partial charge in [-0.1, -0.05) is 57.2 Å². The van der Waals surface area contributed by atoms with E-state index in [1.807, 2.05) is 26.0 Å². The maximum Gasteiger partial charge on any atom is 0.121 e. The number of hydrogen-bond donors (Lipinski definition) is 4. The number of rotatable bonds is 6. The smallest absolute Gasteiger partial charge is 0.121 e. The zero-order valence-electron chi connectivity index (χ0n) is 17.3. The first kappa shape index (κ1) is 21.7. The summed E-state index contributed by atoms with van der Waals surface area (Å²) in [6, 6.07) is 6.33. The summed E-state index contributed by atoms with van der Waals surface area (Å²) in [6.45, 7) is 12.2. The maximum absolute atomic E-state index is 5.70. The number of nitrogens with one attached hydrogen (secondary N) is 3. The van der Waals surface area contributed by atoms with Crippen molar-refractivity contribution in [2.45, 2.75) is 40.2 Å². The van der Waals surface area contributed by atoms with Crippen LogP contribution in [0.2, 0.25) is 0 Å². The van der Waals surface area contributed by atoms with E-state index in [2.05, 4.69) is 64.5 Å². The number of benzene rings is 1. The highest BCUT2D eigenvalue weighted by molar-refractivity contribution is 5.81. The monoisotopic (exact) mass is 379 g/mol. The fraction of sp³-hybridized carbons (Fsp3) is 0.348. The Kier molecular flexibility index (Phi) is 8.72. The molecule has 0 saturated carbocycles. The Morgan fingerprint density at radius 2 is 2.14 bits per heavy atom. The Balaban J connectivity index is 0.00000136. The van der Waals surface area contributed by atoms with Crippen LogP contribution in [0.5, 0.6) is 0 Å². The van der Waals surface area contributed by atoms with Gasteiger partial charge in [-0.15, -0.1) is 0 Å². The van der Waals surface area contributed by atoms with E-state index in [0.29, 0.717) is 6.54 Å². The summed E-state index contributed by atoms with van der Waals surface area (Å²) in [5.41, 5.74) is 12.4. The number of imidazole rings is 1. The minimum atomic E-state index is 0.564. The molecule has 1 aliphatic rings. The summed E-state index contributed by atoms with van der Waals surface area (Å²) in [4.78, 5) is 8.03. The molecule has 0 radical (unpaired) electrons. The molecule has 0 fully saturated rings. The predicted molar refractivity (Wildman–Crippen MR) is 121 cm³/mol. The molecule has 0 unspecified atom stereocenters. The van der Waals surface area contributed by atoms with Crippen LogP contribution in [0.1, 0.15) is 45.0 Å². The zero-order valence-corrected chi connectivity index (χ0v) is 17.3. The van der Waals surface area contributed by atoms with Gasteiger partial charge in [-0.25, -0.2) is 4.98 Å². The number of aromatic nitrogens is 2. The molecule has 1 aromatic heterocycles. The van der Waals surface area contributed by atoms with Gasteiger partial charge in [0, 0.05) is 24.4 Å². The molecule has 0 amide bonds. The van der Waals surface area contributed by atoms with Gasteiger partial charge in [-0.05, 0) is 36.7 Å². The highest BCUT2D eigenvalue weighted by atomic mass is 15.0. The maximum atomic E-state index is 5.70. The lowest BCUT2D eigenvalue weighted by Crippen LogP contribution is -2.12. The number of nitrogens with two attached hydrogens (primary N) is 1. The fourth-order valence-corrected chi connectivity index (χ4v) is 3.13. The Hall–Kier alpha value is -2.63. The molecule has 1 aromatic carbocycles. The second kappa shape index (κ2) is 11.3. The molecule has 2 heterocycles. The van der Waals surface area contributed by atoms with E-state index in [0.717, 1.165) is 59.7 Å². The SMILES string of the molecule is C=C/C=C1\C/C(=C\CN)CC=C(c2ccc3nc(CNCC)[nH]c3c2)N1.CC. The van der Waals surface area contributed by atoms with Crippen LogP contribution >= 0.6 is 0 Å². The van der Waals surface area contributed by atoms with E-state index in [1.54, 1.807) is 0 Å². The largest absolute Gasteiger partial charge is 0.358 e. The lowest BCUT2D eigenvalue weighted by atomic mass is 10.1. The molecule has 0 saturated heterocycles. The first-order chi connectivity index (χ1) is 13.7. The normalized spacial score (nSPS) is 16.9. The number of H-pyrrole nitrogens is 1. The number of aromatic amines is 1. The van der Waals surface area contributed by atoms with Crippen molar-refractivity contribution < 1.29 is 0 Å². The molecule has 0 aliphatic carbocycles. The van der Waals surface area contributed by atoms with Gasteiger partial charge >= 0.3 is 0 Å². The standard InChI is InChI=1S/C21H27N5.C2H6/c1-3-5-17-12-15(10-11-22)6-8-18(24-17)16-7-9-19-20(13-16)26-21(25-19)14-23-4-2;1-2/h3,5,7-10,13,23-24H,1,4,6,11-12,14,22H2,2H3,(H,25,26);1-2H3/b15-10-,17-5+;. The molecule has 5 N–H and O–H groups in total. The molecule has 3 rings (SSSR count). The molecule has 0 atom stereocenters. The molecule has 2 aromatic rings. The van der Waals surface area contributed by atoms with Crippen LogP contribution in [-0.4, -0.2) is 23.1 Å². The highest BCUT2D eigenvalue weighted by Gasteiger charge is 2.12. The van der Waals surface area contributed by atoms with Crippen LogP contribution in [0.3, 0.4) is 0 Å². The second-order valence-electron chi connectivity index (χ2n) is 6.35. The lowest BCUT2D eigenvalue weighted by molar-refractivity contribution is 0.700. The van der Waals surface area contributed by atoms with Crippen LogP contribution in [0.4, 0.5) is 0 Å². The van der Waals surface area contributed by atoms with Gasteiger partial charge in [0.15, 0.2) is 0 Å². The van der Waals surface area contributed by atoms with Crippen molar-refractivity contribution in [1.29, 1.82) is 0 Å². The van der Waals surface area contributed by atoms with Crippen molar-refractivity contribution >= 4 is 16.7 Å². The fourth-order valence-electron chi connectivity index (χ4n) is 3.13. The average Bonchev–Trinajstić information content (AvgIpc) is 3.02. The lowest BCUT2D eigenvalue weighted by Gasteiger charge is -2.12. The van der Waals surface area contributed by atoms with Crippen LogP contribution < -0.4 is 16.4 Å². The minimum absolute atomic E-state index is 0.564. The van der Waals surface area contributed by atoms with Crippen LogP contribution in [0.15, 0.2) is 60.4 Å². The average molecular weight is 380 g/mol. The van der Waals surface area contributed by atoms with Gasteiger partial charge in [0.05, 0.1) is 17.6 Å². The molecule has 5 nitrogen and oxygen atoms in total. The predicted octanol–water partition coefficient (Wildman–Crippen LogP) is 4.38. The van der Waals surface area contributed by atoms with Crippen LogP contribution in [-0.2, 0) is 6.54 Å². The first-order valence-electron chi connectivity index (χ1n) is 10.1. The number of allylic oxidation sites excluding steroid dienone is 4. The molecule has 150 valence electrons. The quantitative estimate of drug-likeness (QED) is 0.562. The van der Waals surface area contributed by atoms with Gasteiger partial charge in [0.1, 0.15) is 5.82 Å². The summed E-state index contributed by atoms with van der Waals surface area (Å²) in [5, 5.41) is 6.85. The molecule has 0 bridgehead atoms. The van der Waals surface area contributed by atoms with Crippen molar-refractivity contribution in [3.8, 4) is 0 Å². The van der Waals surface area contributed by atoms with E-state index < -0.39 is 0 Å². The van der Waals surface area contributed by atoms with Crippen molar-refractivity contribution in [1.82, 2.24) is 20.6 Å². The number of nitrogens with zero attached hydrogens (tertiary/aromatic N) is 1. The van der Waals surface area contributed by atoms with E-state index in [9.17, 15) is 0 Å². The van der Waals surface area contributed by atoms with E-state index in [4.69, 9.17) is 5.73 Å². The molecule has 0 spiro atoms. The van der Waals surface area contributed by atoms with Crippen LogP contribution in [0, 0.1) is 0 Å². The summed E-state index contributed by atoms with van der Waals surface area (Å²) >= 11 is 0. The Morgan fingerprint density at radius 1 is 1.32 bits per heavy atom. The Morgan fingerprint density at radius 3 is 2.86 bits per heavy atom. The molecule has 5 heteroatoms. The summed E-state index contributed by atoms with van der Waals surface area (Å²) < 4.78 is 0. The number of fused-ring (bicyclic) bond motifs is 1. The van der Waals surface area contributed by atoms with Gasteiger partial charge in [-0.2, -0.15) is 0 Å². The third kappa shape index (κ3) is 5.68. The second-order valence-corrected chi connectivity index (χ2v) is 6.35. The molecular formula is C23H33N5. The topological polar surface area (TPSA) is 78.8 Å². The Bertz CT molecular complexity index is 870. The molecule has 28 heavy (non-hydrogen) atoms. The van der Waals surface area contributed by atoms with Gasteiger partial charge in [0.2, 0.25) is 0 Å². The van der Waals surface area contributed by atoms with Crippen molar-refractivity contribution in [3.63, 3.8) is 0 Å². The summed E-state index contributed by atoms with van der Waals surface area (Å²) in [5.74, 6) is 0.960. The van der Waals surface area contributed by atoms with E-state index >= 15 is 0 Å². The third-order valence-electron chi connectivity index (χ3n) is 4.39. The van der Waals surface area contributed by atoms with Crippen molar-refractivity contribution in [3.05, 3.63) is 71.7 Å². The van der Waals surface area contributed by atoms with E-state index in [-0.39, 0.29) is 0 Å². The third-order valence-corrected chi connectivity index (χ3v) is 4.39. The minimum Gasteiger partial charge on any atom is -0.358 e. The zero-order chi connectivity index (χ0) is 20.4. The molecular weight excluding hydrogens is 346 g/mol. The van der Waals surface area contributed by atoms with Gasteiger partial charge < -0.3 is 21.4 Å². The Labute approximate surface area is 168 Å².